The van der Waals surface area contributed by atoms with Gasteiger partial charge in [0, 0.05) is 11.8 Å². The molecule has 4 nitrogen and oxygen atoms in total. The van der Waals surface area contributed by atoms with Crippen LogP contribution in [0.3, 0.4) is 0 Å². The van der Waals surface area contributed by atoms with Crippen LogP contribution in [-0.2, 0) is 15.9 Å². The van der Waals surface area contributed by atoms with Gasteiger partial charge in [-0.25, -0.2) is 9.07 Å². The van der Waals surface area contributed by atoms with Crippen LogP contribution in [0, 0.1) is 11.2 Å². The van der Waals surface area contributed by atoms with Crippen molar-refractivity contribution in [2.75, 3.05) is 0 Å². The van der Waals surface area contributed by atoms with Crippen molar-refractivity contribution in [3.63, 3.8) is 0 Å². The second kappa shape index (κ2) is 5.77. The summed E-state index contributed by atoms with van der Waals surface area (Å²) in [6.07, 6.45) is 12.3. The zero-order valence-electron chi connectivity index (χ0n) is 16.2. The molecule has 0 radical (unpaired) electrons. The van der Waals surface area contributed by atoms with Gasteiger partial charge in [-0.2, -0.15) is 5.10 Å². The van der Waals surface area contributed by atoms with E-state index in [1.807, 2.05) is 10.9 Å². The van der Waals surface area contributed by atoms with Crippen LogP contribution in [0.2, 0.25) is 0 Å². The number of ether oxygens (including phenoxy) is 2. The fourth-order valence-corrected chi connectivity index (χ4v) is 5.82. The third kappa shape index (κ3) is 2.20. The molecule has 6 rings (SSSR count). The lowest BCUT2D eigenvalue weighted by molar-refractivity contribution is -0.224. The summed E-state index contributed by atoms with van der Waals surface area (Å²) < 4.78 is 28.6. The number of aromatic nitrogens is 2. The molecule has 1 aromatic carbocycles. The number of hydrogen-bond acceptors (Lipinski definition) is 3. The standard InChI is InChI=1S/C23H25FN2O2/c1-22-13-15-14-25-26(18-8-6-17(24)7-9-18)19(15)12-16(22)10-11-23(22)27-20-4-2-3-5-21(20)28-23/h6-9,12,14,20-21H,2-5,10-11,13H2,1H3/t20-,21-,22+/m1/s1. The maximum atomic E-state index is 13.3. The fourth-order valence-electron chi connectivity index (χ4n) is 5.82. The predicted molar refractivity (Wildman–Crippen MR) is 103 cm³/mol. The van der Waals surface area contributed by atoms with Crippen LogP contribution in [0.1, 0.15) is 56.7 Å². The smallest absolute Gasteiger partial charge is 0.178 e. The Morgan fingerprint density at radius 3 is 2.54 bits per heavy atom. The lowest BCUT2D eigenvalue weighted by Crippen LogP contribution is -2.46. The highest BCUT2D eigenvalue weighted by atomic mass is 19.1. The minimum absolute atomic E-state index is 0.145. The summed E-state index contributed by atoms with van der Waals surface area (Å²) in [6.45, 7) is 2.31. The van der Waals surface area contributed by atoms with Crippen molar-refractivity contribution in [2.45, 2.75) is 69.9 Å². The lowest BCUT2D eigenvalue weighted by atomic mass is 9.72. The molecule has 4 aliphatic rings. The van der Waals surface area contributed by atoms with E-state index in [0.29, 0.717) is 0 Å². The Labute approximate surface area is 164 Å². The maximum Gasteiger partial charge on any atom is 0.178 e. The van der Waals surface area contributed by atoms with Gasteiger partial charge in [-0.1, -0.05) is 25.3 Å². The molecular formula is C23H25FN2O2. The van der Waals surface area contributed by atoms with Gasteiger partial charge in [0.15, 0.2) is 5.79 Å². The molecular weight excluding hydrogens is 355 g/mol. The van der Waals surface area contributed by atoms with Gasteiger partial charge in [0.2, 0.25) is 0 Å². The first-order valence-corrected chi connectivity index (χ1v) is 10.5. The fraction of sp³-hybridized carbons (Fsp3) is 0.522. The third-order valence-electron chi connectivity index (χ3n) is 7.41. The van der Waals surface area contributed by atoms with E-state index in [1.54, 1.807) is 12.1 Å². The van der Waals surface area contributed by atoms with Gasteiger partial charge in [-0.3, -0.25) is 0 Å². The van der Waals surface area contributed by atoms with E-state index < -0.39 is 5.79 Å². The van der Waals surface area contributed by atoms with E-state index in [0.717, 1.165) is 43.5 Å². The molecule has 28 heavy (non-hydrogen) atoms. The van der Waals surface area contributed by atoms with Crippen LogP contribution < -0.4 is 0 Å². The van der Waals surface area contributed by atoms with E-state index in [2.05, 4.69) is 18.1 Å². The van der Waals surface area contributed by atoms with Crippen LogP contribution in [0.15, 0.2) is 36.0 Å². The highest BCUT2D eigenvalue weighted by Gasteiger charge is 2.63. The van der Waals surface area contributed by atoms with Gasteiger partial charge < -0.3 is 9.47 Å². The van der Waals surface area contributed by atoms with Gasteiger partial charge >= 0.3 is 0 Å². The zero-order chi connectivity index (χ0) is 18.9. The Balaban J connectivity index is 1.38. The Hall–Kier alpha value is -1.98. The van der Waals surface area contributed by atoms with Crippen molar-refractivity contribution < 1.29 is 13.9 Å². The molecule has 0 unspecified atom stereocenters. The Kier molecular flexibility index (Phi) is 3.49. The molecule has 1 aromatic heterocycles. The SMILES string of the molecule is C[C@]12Cc3cnn(-c4ccc(F)cc4)c3C=C1CCC21O[C@@H]2CCCC[C@H]2O1. The van der Waals surface area contributed by atoms with Crippen molar-refractivity contribution in [1.29, 1.82) is 0 Å². The van der Waals surface area contributed by atoms with Gasteiger partial charge in [0.1, 0.15) is 5.82 Å². The second-order valence-corrected chi connectivity index (χ2v) is 8.97. The first-order valence-electron chi connectivity index (χ1n) is 10.5. The van der Waals surface area contributed by atoms with Crippen LogP contribution in [0.5, 0.6) is 0 Å². The molecule has 0 N–H and O–H groups in total. The van der Waals surface area contributed by atoms with Crippen LogP contribution in [-0.4, -0.2) is 27.8 Å². The van der Waals surface area contributed by atoms with Crippen molar-refractivity contribution in [1.82, 2.24) is 9.78 Å². The molecule has 2 saturated carbocycles. The number of hydrogen-bond donors (Lipinski definition) is 0. The summed E-state index contributed by atoms with van der Waals surface area (Å²) in [7, 11) is 0. The largest absolute Gasteiger partial charge is 0.343 e. The number of fused-ring (bicyclic) bond motifs is 4. The summed E-state index contributed by atoms with van der Waals surface area (Å²) in [5.74, 6) is -0.723. The minimum atomic E-state index is -0.492. The molecule has 3 aliphatic carbocycles. The Bertz CT molecular complexity index is 949. The average molecular weight is 380 g/mol. The van der Waals surface area contributed by atoms with Crippen LogP contribution in [0.25, 0.3) is 11.8 Å². The zero-order valence-corrected chi connectivity index (χ0v) is 16.2. The topological polar surface area (TPSA) is 36.3 Å². The van der Waals surface area contributed by atoms with E-state index in [-0.39, 0.29) is 23.4 Å². The summed E-state index contributed by atoms with van der Waals surface area (Å²) in [6, 6.07) is 6.52. The molecule has 3 fully saturated rings. The Morgan fingerprint density at radius 2 is 1.82 bits per heavy atom. The summed E-state index contributed by atoms with van der Waals surface area (Å²) in [5.41, 5.74) is 4.44. The van der Waals surface area contributed by atoms with Gasteiger partial charge in [-0.15, -0.1) is 0 Å². The Morgan fingerprint density at radius 1 is 1.11 bits per heavy atom. The lowest BCUT2D eigenvalue weighted by Gasteiger charge is -2.42. The second-order valence-electron chi connectivity index (χ2n) is 8.97. The van der Waals surface area contributed by atoms with Crippen molar-refractivity contribution >= 4 is 6.08 Å². The van der Waals surface area contributed by atoms with E-state index >= 15 is 0 Å². The maximum absolute atomic E-state index is 13.3. The third-order valence-corrected chi connectivity index (χ3v) is 7.41. The first kappa shape index (κ1) is 16.9. The molecule has 2 aromatic rings. The summed E-state index contributed by atoms with van der Waals surface area (Å²) >= 11 is 0. The van der Waals surface area contributed by atoms with Gasteiger partial charge in [-0.05, 0) is 61.6 Å². The number of benzene rings is 1. The molecule has 1 aliphatic heterocycles. The number of nitrogens with zero attached hydrogens (tertiary/aromatic N) is 2. The number of rotatable bonds is 1. The minimum Gasteiger partial charge on any atom is -0.343 e. The van der Waals surface area contributed by atoms with E-state index in [9.17, 15) is 4.39 Å². The normalized spacial score (nSPS) is 32.7. The quantitative estimate of drug-likeness (QED) is 0.713. The summed E-state index contributed by atoms with van der Waals surface area (Å²) in [4.78, 5) is 0. The van der Waals surface area contributed by atoms with Crippen LogP contribution in [0.4, 0.5) is 4.39 Å². The van der Waals surface area contributed by atoms with Crippen LogP contribution >= 0.6 is 0 Å². The van der Waals surface area contributed by atoms with Gasteiger partial charge in [0.25, 0.3) is 0 Å². The van der Waals surface area contributed by atoms with E-state index in [1.165, 1.54) is 36.1 Å². The molecule has 0 bridgehead atoms. The van der Waals surface area contributed by atoms with Gasteiger partial charge in [0.05, 0.1) is 29.8 Å². The monoisotopic (exact) mass is 380 g/mol. The summed E-state index contributed by atoms with van der Waals surface area (Å²) in [5, 5.41) is 4.61. The van der Waals surface area contributed by atoms with Crippen molar-refractivity contribution in [3.05, 3.63) is 53.1 Å². The molecule has 1 spiro atoms. The highest BCUT2D eigenvalue weighted by Crippen LogP contribution is 2.61. The molecule has 5 heteroatoms. The van der Waals surface area contributed by atoms with Crippen molar-refractivity contribution in [2.24, 2.45) is 5.41 Å². The molecule has 146 valence electrons. The highest BCUT2D eigenvalue weighted by molar-refractivity contribution is 5.62. The first-order chi connectivity index (χ1) is 13.6. The number of halogens is 1. The predicted octanol–water partition coefficient (Wildman–Crippen LogP) is 4.81. The average Bonchev–Trinajstić information content (AvgIpc) is 3.35. The molecule has 2 heterocycles. The van der Waals surface area contributed by atoms with E-state index in [4.69, 9.17) is 9.47 Å². The molecule has 0 amide bonds. The molecule has 1 saturated heterocycles. The van der Waals surface area contributed by atoms with Crippen molar-refractivity contribution in [3.8, 4) is 5.69 Å². The molecule has 3 atom stereocenters.